The summed E-state index contributed by atoms with van der Waals surface area (Å²) in [7, 11) is 0. The van der Waals surface area contributed by atoms with Gasteiger partial charge in [0.1, 0.15) is 10.7 Å². The maximum absolute atomic E-state index is 4.38. The Balaban J connectivity index is 1.30. The molecule has 0 radical (unpaired) electrons. The number of piperidine rings is 1. The molecule has 0 amide bonds. The second-order valence-corrected chi connectivity index (χ2v) is 7.17. The molecule has 0 aliphatic carbocycles. The third kappa shape index (κ3) is 3.68. The number of aromatic nitrogens is 5. The van der Waals surface area contributed by atoms with Gasteiger partial charge in [0.15, 0.2) is 0 Å². The van der Waals surface area contributed by atoms with Gasteiger partial charge < -0.3 is 0 Å². The first-order valence-electron chi connectivity index (χ1n) is 8.29. The Labute approximate surface area is 145 Å². The van der Waals surface area contributed by atoms with E-state index in [1.165, 1.54) is 17.8 Å². The van der Waals surface area contributed by atoms with Crippen molar-refractivity contribution in [2.75, 3.05) is 13.1 Å². The van der Waals surface area contributed by atoms with Crippen LogP contribution in [0.5, 0.6) is 0 Å². The van der Waals surface area contributed by atoms with Crippen molar-refractivity contribution < 1.29 is 0 Å². The van der Waals surface area contributed by atoms with Gasteiger partial charge in [0.25, 0.3) is 0 Å². The van der Waals surface area contributed by atoms with Crippen LogP contribution in [0.1, 0.15) is 17.8 Å². The van der Waals surface area contributed by atoms with Gasteiger partial charge in [-0.15, -0.1) is 16.4 Å². The molecule has 124 valence electrons. The Morgan fingerprint density at radius 1 is 1.08 bits per heavy atom. The van der Waals surface area contributed by atoms with Crippen LogP contribution >= 0.6 is 11.3 Å². The number of thiazole rings is 1. The minimum absolute atomic E-state index is 0.663. The monoisotopic (exact) mass is 340 g/mol. The zero-order chi connectivity index (χ0) is 16.2. The Morgan fingerprint density at radius 3 is 2.75 bits per heavy atom. The highest BCUT2D eigenvalue weighted by Gasteiger charge is 2.20. The fourth-order valence-electron chi connectivity index (χ4n) is 3.13. The average Bonchev–Trinajstić information content (AvgIpc) is 3.29. The Bertz CT molecular complexity index is 747. The number of rotatable bonds is 5. The smallest absolute Gasteiger partial charge is 0.131 e. The topological polar surface area (TPSA) is 59.7 Å². The highest BCUT2D eigenvalue weighted by atomic mass is 32.1. The molecule has 0 unspecified atom stereocenters. The van der Waals surface area contributed by atoms with E-state index in [1.807, 2.05) is 40.7 Å². The first-order chi connectivity index (χ1) is 11.9. The molecule has 7 heteroatoms. The Morgan fingerprint density at radius 2 is 2.00 bits per heavy atom. The summed E-state index contributed by atoms with van der Waals surface area (Å²) in [6.45, 7) is 4.18. The summed E-state index contributed by atoms with van der Waals surface area (Å²) in [5.41, 5.74) is 1.72. The fourth-order valence-corrected chi connectivity index (χ4v) is 3.79. The molecule has 0 spiro atoms. The largest absolute Gasteiger partial charge is 0.297 e. The molecule has 1 saturated heterocycles. The van der Waals surface area contributed by atoms with Gasteiger partial charge in [-0.25, -0.2) is 4.98 Å². The second kappa shape index (κ2) is 7.19. The molecule has 0 aromatic carbocycles. The normalized spacial score (nSPS) is 16.5. The van der Waals surface area contributed by atoms with Crippen molar-refractivity contribution in [3.63, 3.8) is 0 Å². The fraction of sp³-hybridized carbons (Fsp3) is 0.412. The van der Waals surface area contributed by atoms with Crippen LogP contribution in [0.15, 0.2) is 42.2 Å². The average molecular weight is 340 g/mol. The van der Waals surface area contributed by atoms with Crippen molar-refractivity contribution in [1.82, 2.24) is 29.9 Å². The lowest BCUT2D eigenvalue weighted by Crippen LogP contribution is -2.34. The van der Waals surface area contributed by atoms with Crippen molar-refractivity contribution >= 4 is 11.3 Å². The zero-order valence-electron chi connectivity index (χ0n) is 13.5. The summed E-state index contributed by atoms with van der Waals surface area (Å²) >= 11 is 1.74. The van der Waals surface area contributed by atoms with Crippen LogP contribution in [-0.2, 0) is 13.1 Å². The molecular formula is C17H20N6S. The summed E-state index contributed by atoms with van der Waals surface area (Å²) in [4.78, 5) is 11.2. The van der Waals surface area contributed by atoms with E-state index in [9.17, 15) is 0 Å². The van der Waals surface area contributed by atoms with Gasteiger partial charge in [-0.05, 0) is 44.0 Å². The van der Waals surface area contributed by atoms with E-state index < -0.39 is 0 Å². The van der Waals surface area contributed by atoms with Crippen LogP contribution in [-0.4, -0.2) is 43.0 Å². The lowest BCUT2D eigenvalue weighted by molar-refractivity contribution is 0.164. The molecule has 1 fully saturated rings. The van der Waals surface area contributed by atoms with Gasteiger partial charge in [0, 0.05) is 24.3 Å². The standard InChI is InChI=1S/C17H20N6S/c1-2-6-18-15(3-1)16-12-23(21-20-16)11-14-4-8-22(9-5-14)13-17-19-7-10-24-17/h1-3,6-7,10,12,14H,4-5,8-9,11,13H2. The van der Waals surface area contributed by atoms with Crippen LogP contribution in [0.3, 0.4) is 0 Å². The summed E-state index contributed by atoms with van der Waals surface area (Å²) in [5.74, 6) is 0.663. The van der Waals surface area contributed by atoms with E-state index in [1.54, 1.807) is 17.5 Å². The number of likely N-dealkylation sites (tertiary alicyclic amines) is 1. The molecule has 3 aromatic heterocycles. The molecule has 0 saturated carbocycles. The SMILES string of the molecule is c1ccc(-c2cn(CC3CCN(Cc4nccs4)CC3)nn2)nc1. The highest BCUT2D eigenvalue weighted by Crippen LogP contribution is 2.21. The van der Waals surface area contributed by atoms with Gasteiger partial charge in [0.2, 0.25) is 0 Å². The summed E-state index contributed by atoms with van der Waals surface area (Å²) < 4.78 is 1.96. The van der Waals surface area contributed by atoms with Crippen LogP contribution in [0.2, 0.25) is 0 Å². The third-order valence-corrected chi connectivity index (χ3v) is 5.23. The molecule has 6 nitrogen and oxygen atoms in total. The van der Waals surface area contributed by atoms with Gasteiger partial charge in [-0.3, -0.25) is 14.6 Å². The lowest BCUT2D eigenvalue weighted by atomic mass is 9.97. The Kier molecular flexibility index (Phi) is 4.62. The molecule has 24 heavy (non-hydrogen) atoms. The highest BCUT2D eigenvalue weighted by molar-refractivity contribution is 7.09. The molecule has 4 rings (SSSR count). The van der Waals surface area contributed by atoms with E-state index in [0.717, 1.165) is 37.6 Å². The molecule has 0 bridgehead atoms. The van der Waals surface area contributed by atoms with Crippen LogP contribution in [0.4, 0.5) is 0 Å². The number of hydrogen-bond donors (Lipinski definition) is 0. The van der Waals surface area contributed by atoms with Gasteiger partial charge >= 0.3 is 0 Å². The maximum Gasteiger partial charge on any atom is 0.131 e. The molecular weight excluding hydrogens is 320 g/mol. The molecule has 1 aliphatic rings. The van der Waals surface area contributed by atoms with Gasteiger partial charge in [-0.1, -0.05) is 11.3 Å². The van der Waals surface area contributed by atoms with E-state index >= 15 is 0 Å². The van der Waals surface area contributed by atoms with E-state index in [2.05, 4.69) is 25.2 Å². The predicted molar refractivity (Wildman–Crippen MR) is 93.4 cm³/mol. The van der Waals surface area contributed by atoms with Crippen LogP contribution < -0.4 is 0 Å². The first-order valence-corrected chi connectivity index (χ1v) is 9.17. The van der Waals surface area contributed by atoms with E-state index in [4.69, 9.17) is 0 Å². The Hall–Kier alpha value is -2.12. The molecule has 4 heterocycles. The summed E-state index contributed by atoms with van der Waals surface area (Å²) in [6, 6.07) is 5.85. The van der Waals surface area contributed by atoms with E-state index in [0.29, 0.717) is 5.92 Å². The van der Waals surface area contributed by atoms with Crippen molar-refractivity contribution in [3.05, 3.63) is 47.2 Å². The van der Waals surface area contributed by atoms with Crippen molar-refractivity contribution in [3.8, 4) is 11.4 Å². The van der Waals surface area contributed by atoms with Crippen LogP contribution in [0, 0.1) is 5.92 Å². The zero-order valence-corrected chi connectivity index (χ0v) is 14.3. The lowest BCUT2D eigenvalue weighted by Gasteiger charge is -2.31. The minimum atomic E-state index is 0.663. The van der Waals surface area contributed by atoms with Crippen molar-refractivity contribution in [1.29, 1.82) is 0 Å². The third-order valence-electron chi connectivity index (χ3n) is 4.46. The quantitative estimate of drug-likeness (QED) is 0.715. The van der Waals surface area contributed by atoms with Gasteiger partial charge in [0.05, 0.1) is 18.4 Å². The number of pyridine rings is 1. The minimum Gasteiger partial charge on any atom is -0.297 e. The number of hydrogen-bond acceptors (Lipinski definition) is 6. The summed E-state index contributed by atoms with van der Waals surface area (Å²) in [5, 5.41) is 11.8. The number of nitrogens with zero attached hydrogens (tertiary/aromatic N) is 6. The molecule has 0 atom stereocenters. The maximum atomic E-state index is 4.38. The molecule has 0 N–H and O–H groups in total. The van der Waals surface area contributed by atoms with E-state index in [-0.39, 0.29) is 0 Å². The van der Waals surface area contributed by atoms with Gasteiger partial charge in [-0.2, -0.15) is 0 Å². The van der Waals surface area contributed by atoms with Crippen molar-refractivity contribution in [2.24, 2.45) is 5.92 Å². The van der Waals surface area contributed by atoms with Crippen molar-refractivity contribution in [2.45, 2.75) is 25.9 Å². The molecule has 3 aromatic rings. The second-order valence-electron chi connectivity index (χ2n) is 6.19. The first kappa shape index (κ1) is 15.4. The predicted octanol–water partition coefficient (Wildman–Crippen LogP) is 2.71. The molecule has 1 aliphatic heterocycles. The van der Waals surface area contributed by atoms with Crippen LogP contribution in [0.25, 0.3) is 11.4 Å². The summed E-state index contributed by atoms with van der Waals surface area (Å²) in [6.07, 6.45) is 8.07.